The van der Waals surface area contributed by atoms with Gasteiger partial charge in [0.1, 0.15) is 11.3 Å². The van der Waals surface area contributed by atoms with Crippen LogP contribution in [0.3, 0.4) is 0 Å². The predicted molar refractivity (Wildman–Crippen MR) is 114 cm³/mol. The first-order valence-electron chi connectivity index (χ1n) is 9.62. The highest BCUT2D eigenvalue weighted by Gasteiger charge is 2.26. The van der Waals surface area contributed by atoms with E-state index in [0.29, 0.717) is 49.9 Å². The quantitative estimate of drug-likeness (QED) is 0.716. The van der Waals surface area contributed by atoms with Gasteiger partial charge in [-0.05, 0) is 50.2 Å². The maximum absolute atomic E-state index is 13.0. The molecular weight excluding hydrogens is 436 g/mol. The molecule has 2 amide bonds. The average molecular weight is 461 g/mol. The van der Waals surface area contributed by atoms with E-state index in [1.165, 1.54) is 0 Å². The molecule has 1 fully saturated rings. The maximum Gasteiger partial charge on any atom is 0.259 e. The molecule has 1 aliphatic heterocycles. The number of nitrogens with zero attached hydrogens (tertiary/aromatic N) is 3. The molecule has 1 aromatic heterocycles. The molecule has 2 heterocycles. The maximum atomic E-state index is 13.0. The molecule has 0 radical (unpaired) electrons. The predicted octanol–water partition coefficient (Wildman–Crippen LogP) is 2.92. The van der Waals surface area contributed by atoms with Gasteiger partial charge in [-0.2, -0.15) is 0 Å². The summed E-state index contributed by atoms with van der Waals surface area (Å²) in [5.41, 5.74) is 0.432. The van der Waals surface area contributed by atoms with Crippen LogP contribution in [0.25, 0.3) is 0 Å². The number of halogens is 1. The summed E-state index contributed by atoms with van der Waals surface area (Å²) in [4.78, 5) is 33.1. The van der Waals surface area contributed by atoms with Gasteiger partial charge in [0.25, 0.3) is 5.91 Å². The summed E-state index contributed by atoms with van der Waals surface area (Å²) in [7, 11) is 0. The van der Waals surface area contributed by atoms with Crippen LogP contribution in [-0.2, 0) is 4.79 Å². The molecular formula is C21H25BrN4O3. The summed E-state index contributed by atoms with van der Waals surface area (Å²) in [6.45, 7) is 6.65. The van der Waals surface area contributed by atoms with E-state index in [2.05, 4.69) is 31.1 Å². The smallest absolute Gasteiger partial charge is 0.259 e. The number of nitrogens with one attached hydrogen (secondary N) is 1. The minimum absolute atomic E-state index is 0.0113. The lowest BCUT2D eigenvalue weighted by Crippen LogP contribution is -2.51. The number of carbonyl (C=O) groups excluding carboxylic acids is 2. The van der Waals surface area contributed by atoms with Gasteiger partial charge in [0.15, 0.2) is 0 Å². The van der Waals surface area contributed by atoms with Crippen LogP contribution in [-0.4, -0.2) is 65.4 Å². The number of piperazine rings is 1. The van der Waals surface area contributed by atoms with Gasteiger partial charge in [-0.25, -0.2) is 4.98 Å². The zero-order valence-electron chi connectivity index (χ0n) is 16.6. The molecule has 1 aromatic carbocycles. The van der Waals surface area contributed by atoms with E-state index < -0.39 is 0 Å². The molecule has 29 heavy (non-hydrogen) atoms. The fraction of sp³-hybridized carbons (Fsp3) is 0.381. The number of hydrogen-bond donors (Lipinski definition) is 1. The van der Waals surface area contributed by atoms with Gasteiger partial charge in [0, 0.05) is 42.9 Å². The molecule has 0 bridgehead atoms. The highest BCUT2D eigenvalue weighted by Crippen LogP contribution is 2.25. The van der Waals surface area contributed by atoms with Crippen LogP contribution in [0.1, 0.15) is 24.2 Å². The number of amides is 2. The topological polar surface area (TPSA) is 74.8 Å². The number of carbonyl (C=O) groups is 2. The third kappa shape index (κ3) is 6.01. The summed E-state index contributed by atoms with van der Waals surface area (Å²) in [5, 5.41) is 2.90. The van der Waals surface area contributed by atoms with Gasteiger partial charge in [0.05, 0.1) is 6.54 Å². The first kappa shape index (κ1) is 21.3. The van der Waals surface area contributed by atoms with Crippen LogP contribution >= 0.6 is 15.9 Å². The van der Waals surface area contributed by atoms with Crippen LogP contribution < -0.4 is 10.1 Å². The molecule has 0 atom stereocenters. The monoisotopic (exact) mass is 460 g/mol. The molecule has 1 N–H and O–H groups in total. The first-order valence-corrected chi connectivity index (χ1v) is 10.4. The Bertz CT molecular complexity index is 849. The largest absolute Gasteiger partial charge is 0.438 e. The van der Waals surface area contributed by atoms with Crippen LogP contribution in [0.4, 0.5) is 0 Å². The molecule has 0 unspecified atom stereocenters. The summed E-state index contributed by atoms with van der Waals surface area (Å²) >= 11 is 3.39. The van der Waals surface area contributed by atoms with E-state index in [0.717, 1.165) is 4.47 Å². The van der Waals surface area contributed by atoms with E-state index in [1.54, 1.807) is 23.2 Å². The zero-order valence-corrected chi connectivity index (χ0v) is 18.2. The molecule has 1 saturated heterocycles. The second-order valence-corrected chi connectivity index (χ2v) is 8.12. The highest BCUT2D eigenvalue weighted by molar-refractivity contribution is 9.10. The van der Waals surface area contributed by atoms with Gasteiger partial charge in [0.2, 0.25) is 11.8 Å². The van der Waals surface area contributed by atoms with E-state index in [1.807, 2.05) is 38.1 Å². The standard InChI is InChI=1S/C21H25BrN4O3/c1-15(2)24-19(27)14-25-10-12-26(13-11-25)21(28)18-4-3-9-23-20(18)29-17-7-5-16(22)6-8-17/h3-9,15H,10-14H2,1-2H3,(H,24,27). The fourth-order valence-electron chi connectivity index (χ4n) is 3.10. The van der Waals surface area contributed by atoms with Crippen molar-refractivity contribution in [2.24, 2.45) is 0 Å². The number of ether oxygens (including phenoxy) is 1. The van der Waals surface area contributed by atoms with Gasteiger partial charge < -0.3 is 15.0 Å². The van der Waals surface area contributed by atoms with Crippen molar-refractivity contribution in [2.75, 3.05) is 32.7 Å². The molecule has 7 nitrogen and oxygen atoms in total. The lowest BCUT2D eigenvalue weighted by Gasteiger charge is -2.34. The second-order valence-electron chi connectivity index (χ2n) is 7.20. The number of aromatic nitrogens is 1. The second kappa shape index (κ2) is 9.84. The number of benzene rings is 1. The number of rotatable bonds is 6. The van der Waals surface area contributed by atoms with E-state index in [4.69, 9.17) is 4.74 Å². The van der Waals surface area contributed by atoms with E-state index in [9.17, 15) is 9.59 Å². The highest BCUT2D eigenvalue weighted by atomic mass is 79.9. The summed E-state index contributed by atoms with van der Waals surface area (Å²) < 4.78 is 6.79. The van der Waals surface area contributed by atoms with Crippen molar-refractivity contribution in [3.8, 4) is 11.6 Å². The van der Waals surface area contributed by atoms with Gasteiger partial charge in [-0.1, -0.05) is 15.9 Å². The summed E-state index contributed by atoms with van der Waals surface area (Å²) in [6, 6.07) is 10.9. The van der Waals surface area contributed by atoms with E-state index in [-0.39, 0.29) is 17.9 Å². The van der Waals surface area contributed by atoms with Crippen molar-refractivity contribution < 1.29 is 14.3 Å². The Hall–Kier alpha value is -2.45. The molecule has 0 saturated carbocycles. The molecule has 8 heteroatoms. The van der Waals surface area contributed by atoms with Crippen LogP contribution in [0.5, 0.6) is 11.6 Å². The van der Waals surface area contributed by atoms with Gasteiger partial charge in [-0.15, -0.1) is 0 Å². The Labute approximate surface area is 179 Å². The SMILES string of the molecule is CC(C)NC(=O)CN1CCN(C(=O)c2cccnc2Oc2ccc(Br)cc2)CC1. The van der Waals surface area contributed by atoms with Crippen LogP contribution in [0.2, 0.25) is 0 Å². The third-order valence-electron chi connectivity index (χ3n) is 4.51. The van der Waals surface area contributed by atoms with Gasteiger partial charge >= 0.3 is 0 Å². The Morgan fingerprint density at radius 1 is 1.14 bits per heavy atom. The normalized spacial score (nSPS) is 14.7. The van der Waals surface area contributed by atoms with Crippen molar-refractivity contribution in [2.45, 2.75) is 19.9 Å². The first-order chi connectivity index (χ1) is 13.9. The summed E-state index contributed by atoms with van der Waals surface area (Å²) in [5.74, 6) is 0.800. The van der Waals surface area contributed by atoms with Crippen molar-refractivity contribution >= 4 is 27.7 Å². The summed E-state index contributed by atoms with van der Waals surface area (Å²) in [6.07, 6.45) is 1.61. The molecule has 0 spiro atoms. The molecule has 1 aliphatic rings. The minimum atomic E-state index is -0.114. The van der Waals surface area contributed by atoms with Crippen molar-refractivity contribution in [1.82, 2.24) is 20.1 Å². The molecule has 2 aromatic rings. The van der Waals surface area contributed by atoms with E-state index >= 15 is 0 Å². The van der Waals surface area contributed by atoms with Crippen LogP contribution in [0.15, 0.2) is 47.1 Å². The lowest BCUT2D eigenvalue weighted by atomic mass is 10.2. The van der Waals surface area contributed by atoms with Crippen molar-refractivity contribution in [3.05, 3.63) is 52.6 Å². The van der Waals surface area contributed by atoms with Crippen molar-refractivity contribution in [3.63, 3.8) is 0 Å². The average Bonchev–Trinajstić information content (AvgIpc) is 2.69. The number of pyridine rings is 1. The molecule has 0 aliphatic carbocycles. The minimum Gasteiger partial charge on any atom is -0.438 e. The third-order valence-corrected chi connectivity index (χ3v) is 5.03. The Kier molecular flexibility index (Phi) is 7.22. The Morgan fingerprint density at radius 2 is 1.83 bits per heavy atom. The fourth-order valence-corrected chi connectivity index (χ4v) is 3.36. The lowest BCUT2D eigenvalue weighted by molar-refractivity contribution is -0.123. The zero-order chi connectivity index (χ0) is 20.8. The molecule has 3 rings (SSSR count). The molecule has 154 valence electrons. The Balaban J connectivity index is 1.61. The number of hydrogen-bond acceptors (Lipinski definition) is 5. The Morgan fingerprint density at radius 3 is 2.48 bits per heavy atom. The van der Waals surface area contributed by atoms with Gasteiger partial charge in [-0.3, -0.25) is 14.5 Å². The van der Waals surface area contributed by atoms with Crippen molar-refractivity contribution in [1.29, 1.82) is 0 Å². The van der Waals surface area contributed by atoms with Crippen LogP contribution in [0, 0.1) is 0 Å².